The fraction of sp³-hybridized carbons (Fsp3) is 0.625. The Labute approximate surface area is 123 Å². The minimum Gasteiger partial charge on any atom is -0.490 e. The highest BCUT2D eigenvalue weighted by Gasteiger charge is 2.35. The van der Waals surface area contributed by atoms with Crippen molar-refractivity contribution in [2.45, 2.75) is 57.3 Å². The highest BCUT2D eigenvalue weighted by Crippen LogP contribution is 2.37. The van der Waals surface area contributed by atoms with E-state index in [0.29, 0.717) is 6.04 Å². The van der Waals surface area contributed by atoms with E-state index in [1.54, 1.807) is 6.07 Å². The first-order valence-electron chi connectivity index (χ1n) is 7.57. The standard InChI is InChI=1S/C16H22F3NO/c1-2-10-20-12-6-5-7-13(11-12)21-15-9-4-3-8-14(15)16(17,18)19/h3-4,8-9,12-13,20H,2,5-7,10-11H2,1H3. The minimum atomic E-state index is -4.37. The van der Waals surface area contributed by atoms with Gasteiger partial charge in [-0.15, -0.1) is 0 Å². The molecule has 0 saturated heterocycles. The maximum atomic E-state index is 13.0. The number of rotatable bonds is 5. The SMILES string of the molecule is CCCNC1CCCC(Oc2ccccc2C(F)(F)F)C1. The molecule has 0 aromatic heterocycles. The van der Waals surface area contributed by atoms with Crippen LogP contribution in [-0.2, 0) is 6.18 Å². The third-order valence-corrected chi connectivity index (χ3v) is 3.80. The van der Waals surface area contributed by atoms with E-state index in [9.17, 15) is 13.2 Å². The van der Waals surface area contributed by atoms with Crippen molar-refractivity contribution in [1.82, 2.24) is 5.32 Å². The number of nitrogens with one attached hydrogen (secondary N) is 1. The van der Waals surface area contributed by atoms with Crippen molar-refractivity contribution in [3.05, 3.63) is 29.8 Å². The molecule has 0 radical (unpaired) electrons. The lowest BCUT2D eigenvalue weighted by Gasteiger charge is -2.31. The molecule has 1 aromatic carbocycles. The predicted molar refractivity (Wildman–Crippen MR) is 76.4 cm³/mol. The number of alkyl halides is 3. The second-order valence-corrected chi connectivity index (χ2v) is 5.55. The normalized spacial score (nSPS) is 23.0. The van der Waals surface area contributed by atoms with Crippen LogP contribution < -0.4 is 10.1 Å². The van der Waals surface area contributed by atoms with Gasteiger partial charge in [0.1, 0.15) is 11.9 Å². The van der Waals surface area contributed by atoms with Gasteiger partial charge in [-0.05, 0) is 50.8 Å². The fourth-order valence-electron chi connectivity index (χ4n) is 2.77. The molecule has 118 valence electrons. The maximum Gasteiger partial charge on any atom is 0.419 e. The van der Waals surface area contributed by atoms with Gasteiger partial charge in [-0.3, -0.25) is 0 Å². The summed E-state index contributed by atoms with van der Waals surface area (Å²) < 4.78 is 44.5. The van der Waals surface area contributed by atoms with Crippen LogP contribution in [0.3, 0.4) is 0 Å². The Bertz CT molecular complexity index is 447. The number of benzene rings is 1. The lowest BCUT2D eigenvalue weighted by molar-refractivity contribution is -0.139. The quantitative estimate of drug-likeness (QED) is 0.870. The fourth-order valence-corrected chi connectivity index (χ4v) is 2.77. The van der Waals surface area contributed by atoms with Crippen LogP contribution >= 0.6 is 0 Å². The van der Waals surface area contributed by atoms with E-state index in [4.69, 9.17) is 4.74 Å². The first-order valence-corrected chi connectivity index (χ1v) is 7.57. The maximum absolute atomic E-state index is 13.0. The molecule has 0 aliphatic heterocycles. The van der Waals surface area contributed by atoms with Gasteiger partial charge in [-0.25, -0.2) is 0 Å². The number of halogens is 3. The molecule has 0 bridgehead atoms. The molecule has 5 heteroatoms. The van der Waals surface area contributed by atoms with Crippen molar-refractivity contribution in [1.29, 1.82) is 0 Å². The van der Waals surface area contributed by atoms with Gasteiger partial charge in [-0.2, -0.15) is 13.2 Å². The van der Waals surface area contributed by atoms with Crippen molar-refractivity contribution in [3.8, 4) is 5.75 Å². The lowest BCUT2D eigenvalue weighted by Crippen LogP contribution is -2.38. The molecule has 1 aliphatic rings. The van der Waals surface area contributed by atoms with Gasteiger partial charge in [0.05, 0.1) is 5.56 Å². The van der Waals surface area contributed by atoms with Crippen LogP contribution in [0.15, 0.2) is 24.3 Å². The Morgan fingerprint density at radius 3 is 2.71 bits per heavy atom. The lowest BCUT2D eigenvalue weighted by atomic mass is 9.92. The van der Waals surface area contributed by atoms with Crippen LogP contribution in [0, 0.1) is 0 Å². The Morgan fingerprint density at radius 2 is 2.00 bits per heavy atom. The molecule has 21 heavy (non-hydrogen) atoms. The van der Waals surface area contributed by atoms with E-state index < -0.39 is 11.7 Å². The largest absolute Gasteiger partial charge is 0.490 e. The van der Waals surface area contributed by atoms with E-state index in [2.05, 4.69) is 12.2 Å². The van der Waals surface area contributed by atoms with E-state index in [1.165, 1.54) is 12.1 Å². The van der Waals surface area contributed by atoms with Gasteiger partial charge in [0.25, 0.3) is 0 Å². The van der Waals surface area contributed by atoms with Gasteiger partial charge in [0, 0.05) is 6.04 Å². The average molecular weight is 301 g/mol. The number of para-hydroxylation sites is 1. The van der Waals surface area contributed by atoms with Gasteiger partial charge in [0.2, 0.25) is 0 Å². The summed E-state index contributed by atoms with van der Waals surface area (Å²) in [4.78, 5) is 0. The monoisotopic (exact) mass is 301 g/mol. The second kappa shape index (κ2) is 7.16. The van der Waals surface area contributed by atoms with Gasteiger partial charge in [-0.1, -0.05) is 19.1 Å². The third-order valence-electron chi connectivity index (χ3n) is 3.80. The van der Waals surface area contributed by atoms with E-state index in [-0.39, 0.29) is 11.9 Å². The molecule has 0 heterocycles. The zero-order valence-corrected chi connectivity index (χ0v) is 12.2. The molecule has 2 nitrogen and oxygen atoms in total. The van der Waals surface area contributed by atoms with Crippen molar-refractivity contribution in [3.63, 3.8) is 0 Å². The van der Waals surface area contributed by atoms with Crippen LogP contribution in [0.4, 0.5) is 13.2 Å². The molecule has 1 saturated carbocycles. The van der Waals surface area contributed by atoms with E-state index in [0.717, 1.165) is 44.7 Å². The number of hydrogen-bond acceptors (Lipinski definition) is 2. The zero-order chi connectivity index (χ0) is 15.3. The van der Waals surface area contributed by atoms with Crippen LogP contribution in [0.1, 0.15) is 44.6 Å². The van der Waals surface area contributed by atoms with Gasteiger partial charge >= 0.3 is 6.18 Å². The molecule has 1 fully saturated rings. The molecule has 2 unspecified atom stereocenters. The summed E-state index contributed by atoms with van der Waals surface area (Å²) in [5, 5.41) is 3.43. The Balaban J connectivity index is 2.01. The van der Waals surface area contributed by atoms with Crippen LogP contribution in [-0.4, -0.2) is 18.7 Å². The summed E-state index contributed by atoms with van der Waals surface area (Å²) in [6.45, 7) is 3.04. The first kappa shape index (κ1) is 16.1. The van der Waals surface area contributed by atoms with Crippen molar-refractivity contribution in [2.24, 2.45) is 0 Å². The van der Waals surface area contributed by atoms with Gasteiger partial charge in [0.15, 0.2) is 0 Å². The summed E-state index contributed by atoms with van der Waals surface area (Å²) in [6.07, 6.45) is 0.185. The summed E-state index contributed by atoms with van der Waals surface area (Å²) in [5.74, 6) is -0.0499. The van der Waals surface area contributed by atoms with E-state index >= 15 is 0 Å². The van der Waals surface area contributed by atoms with Crippen molar-refractivity contribution in [2.75, 3.05) is 6.54 Å². The highest BCUT2D eigenvalue weighted by molar-refractivity contribution is 5.35. The molecule has 2 atom stereocenters. The molecule has 1 aromatic rings. The van der Waals surface area contributed by atoms with E-state index in [1.807, 2.05) is 0 Å². The molecule has 0 amide bonds. The molecule has 0 spiro atoms. The number of ether oxygens (including phenoxy) is 1. The predicted octanol–water partition coefficient (Wildman–Crippen LogP) is 4.40. The number of hydrogen-bond donors (Lipinski definition) is 1. The highest BCUT2D eigenvalue weighted by atomic mass is 19.4. The Kier molecular flexibility index (Phi) is 5.51. The Morgan fingerprint density at radius 1 is 1.24 bits per heavy atom. The molecule has 2 rings (SSSR count). The minimum absolute atomic E-state index is 0.0499. The van der Waals surface area contributed by atoms with Crippen LogP contribution in [0.25, 0.3) is 0 Å². The van der Waals surface area contributed by atoms with Crippen LogP contribution in [0.2, 0.25) is 0 Å². The topological polar surface area (TPSA) is 21.3 Å². The molecular weight excluding hydrogens is 279 g/mol. The zero-order valence-electron chi connectivity index (χ0n) is 12.2. The first-order chi connectivity index (χ1) is 10.0. The average Bonchev–Trinajstić information content (AvgIpc) is 2.45. The molecular formula is C16H22F3NO. The summed E-state index contributed by atoms with van der Waals surface area (Å²) >= 11 is 0. The van der Waals surface area contributed by atoms with Crippen molar-refractivity contribution >= 4 is 0 Å². The van der Waals surface area contributed by atoms with Crippen molar-refractivity contribution < 1.29 is 17.9 Å². The van der Waals surface area contributed by atoms with Gasteiger partial charge < -0.3 is 10.1 Å². The van der Waals surface area contributed by atoms with Crippen LogP contribution in [0.5, 0.6) is 5.75 Å². The molecule has 1 aliphatic carbocycles. The second-order valence-electron chi connectivity index (χ2n) is 5.55. The smallest absolute Gasteiger partial charge is 0.419 e. The molecule has 1 N–H and O–H groups in total. The summed E-state index contributed by atoms with van der Waals surface area (Å²) in [6, 6.07) is 5.81. The summed E-state index contributed by atoms with van der Waals surface area (Å²) in [7, 11) is 0. The summed E-state index contributed by atoms with van der Waals surface area (Å²) in [5.41, 5.74) is -0.686. The Hall–Kier alpha value is -1.23. The third kappa shape index (κ3) is 4.63.